The van der Waals surface area contributed by atoms with E-state index in [2.05, 4.69) is 33.1 Å². The normalized spacial score (nSPS) is 11.2. The number of hydrogen-bond acceptors (Lipinski definition) is 4. The molecule has 30 heavy (non-hydrogen) atoms. The maximum Gasteiger partial charge on any atom is 0.271 e. The van der Waals surface area contributed by atoms with Crippen LogP contribution in [0.4, 0.5) is 0 Å². The van der Waals surface area contributed by atoms with E-state index in [4.69, 9.17) is 4.74 Å². The average molecular weight is 403 g/mol. The lowest BCUT2D eigenvalue weighted by atomic mass is 10.1. The zero-order chi connectivity index (χ0) is 21.1. The number of carbonyl (C=O) groups excluding carboxylic acids is 1. The van der Waals surface area contributed by atoms with E-state index in [9.17, 15) is 4.79 Å². The van der Waals surface area contributed by atoms with Gasteiger partial charge >= 0.3 is 0 Å². The van der Waals surface area contributed by atoms with Gasteiger partial charge < -0.3 is 19.4 Å². The zero-order valence-corrected chi connectivity index (χ0v) is 17.4. The zero-order valence-electron chi connectivity index (χ0n) is 17.4. The van der Waals surface area contributed by atoms with Crippen molar-refractivity contribution in [3.05, 3.63) is 72.7 Å². The summed E-state index contributed by atoms with van der Waals surface area (Å²) in [7, 11) is 5.60. The van der Waals surface area contributed by atoms with Crippen LogP contribution in [0.1, 0.15) is 10.5 Å². The van der Waals surface area contributed by atoms with Gasteiger partial charge in [-0.3, -0.25) is 4.79 Å². The molecule has 3 heterocycles. The van der Waals surface area contributed by atoms with Gasteiger partial charge in [-0.2, -0.15) is 5.10 Å². The predicted octanol–water partition coefficient (Wildman–Crippen LogP) is 3.09. The number of likely N-dealkylation sites (N-methyl/N-ethyl adjacent to an activating group) is 1. The molecule has 0 aliphatic heterocycles. The second-order valence-electron chi connectivity index (χ2n) is 7.34. The average Bonchev–Trinajstić information content (AvgIpc) is 3.40. The first-order valence-corrected chi connectivity index (χ1v) is 9.79. The summed E-state index contributed by atoms with van der Waals surface area (Å²) in [6, 6.07) is 17.9. The van der Waals surface area contributed by atoms with Crippen molar-refractivity contribution in [2.24, 2.45) is 0 Å². The topological polar surface area (TPSA) is 63.8 Å². The Morgan fingerprint density at radius 3 is 2.50 bits per heavy atom. The highest BCUT2D eigenvalue weighted by atomic mass is 16.5. The third-order valence-corrected chi connectivity index (χ3v) is 4.95. The van der Waals surface area contributed by atoms with Crippen LogP contribution in [-0.2, 0) is 0 Å². The standard InChI is InChI=1S/C23H25N5O2/c1-26(2)15-13-24-23(29)21-12-14-28(25-21)22-11-8-19-7-4-18(16-27(19)22)17-5-9-20(30-3)10-6-17/h4-12,14,16H,13,15H2,1-3H3,(H,24,29). The third kappa shape index (κ3) is 4.06. The molecule has 1 N–H and O–H groups in total. The van der Waals surface area contributed by atoms with Crippen molar-refractivity contribution in [2.45, 2.75) is 0 Å². The van der Waals surface area contributed by atoms with Gasteiger partial charge in [0.25, 0.3) is 5.91 Å². The molecule has 7 nitrogen and oxygen atoms in total. The summed E-state index contributed by atoms with van der Waals surface area (Å²) in [6.07, 6.45) is 3.88. The van der Waals surface area contributed by atoms with E-state index >= 15 is 0 Å². The van der Waals surface area contributed by atoms with Crippen molar-refractivity contribution in [2.75, 3.05) is 34.3 Å². The fraction of sp³-hybridized carbons (Fsp3) is 0.217. The van der Waals surface area contributed by atoms with Crippen LogP contribution in [0.2, 0.25) is 0 Å². The molecular formula is C23H25N5O2. The third-order valence-electron chi connectivity index (χ3n) is 4.95. The van der Waals surface area contributed by atoms with Crippen LogP contribution in [0, 0.1) is 0 Å². The molecule has 0 radical (unpaired) electrons. The molecule has 0 saturated carbocycles. The Kier molecular flexibility index (Phi) is 5.54. The van der Waals surface area contributed by atoms with Crippen molar-refractivity contribution in [1.29, 1.82) is 0 Å². The van der Waals surface area contributed by atoms with E-state index in [0.29, 0.717) is 12.2 Å². The molecule has 154 valence electrons. The van der Waals surface area contributed by atoms with Gasteiger partial charge in [0.05, 0.1) is 7.11 Å². The van der Waals surface area contributed by atoms with Crippen LogP contribution >= 0.6 is 0 Å². The molecule has 0 spiro atoms. The van der Waals surface area contributed by atoms with E-state index in [1.54, 1.807) is 17.9 Å². The fourth-order valence-electron chi connectivity index (χ4n) is 3.28. The smallest absolute Gasteiger partial charge is 0.271 e. The van der Waals surface area contributed by atoms with Crippen molar-refractivity contribution in [1.82, 2.24) is 24.4 Å². The number of amides is 1. The Balaban J connectivity index is 1.60. The van der Waals surface area contributed by atoms with Gasteiger partial charge in [0.1, 0.15) is 11.6 Å². The molecule has 1 aromatic carbocycles. The predicted molar refractivity (Wildman–Crippen MR) is 117 cm³/mol. The number of fused-ring (bicyclic) bond motifs is 1. The maximum atomic E-state index is 12.3. The SMILES string of the molecule is COc1ccc(-c2ccc3ccc(-n4ccc(C(=O)NCCN(C)C)n4)n3c2)cc1. The minimum absolute atomic E-state index is 0.171. The molecule has 0 atom stereocenters. The number of aromatic nitrogens is 3. The van der Waals surface area contributed by atoms with Crippen LogP contribution in [0.15, 0.2) is 67.0 Å². The molecular weight excluding hydrogens is 378 g/mol. The van der Waals surface area contributed by atoms with Crippen LogP contribution < -0.4 is 10.1 Å². The van der Waals surface area contributed by atoms with Gasteiger partial charge in [-0.15, -0.1) is 0 Å². The largest absolute Gasteiger partial charge is 0.497 e. The lowest BCUT2D eigenvalue weighted by molar-refractivity contribution is 0.0945. The highest BCUT2D eigenvalue weighted by molar-refractivity contribution is 5.92. The molecule has 1 amide bonds. The fourth-order valence-corrected chi connectivity index (χ4v) is 3.28. The van der Waals surface area contributed by atoms with E-state index in [1.807, 2.05) is 61.6 Å². The molecule has 0 aliphatic rings. The van der Waals surface area contributed by atoms with Crippen LogP contribution in [-0.4, -0.2) is 59.3 Å². The van der Waals surface area contributed by atoms with Crippen LogP contribution in [0.5, 0.6) is 5.75 Å². The first-order chi connectivity index (χ1) is 14.5. The molecule has 4 rings (SSSR count). The van der Waals surface area contributed by atoms with E-state index in [1.165, 1.54) is 0 Å². The van der Waals surface area contributed by atoms with Crippen molar-refractivity contribution in [3.8, 4) is 22.7 Å². The molecule has 4 aromatic rings. The molecule has 0 aliphatic carbocycles. The number of carbonyl (C=O) groups is 1. The lowest BCUT2D eigenvalue weighted by Crippen LogP contribution is -2.31. The number of pyridine rings is 1. The number of methoxy groups -OCH3 is 1. The summed E-state index contributed by atoms with van der Waals surface area (Å²) in [5.74, 6) is 1.53. The van der Waals surface area contributed by atoms with Crippen molar-refractivity contribution >= 4 is 11.4 Å². The molecule has 0 saturated heterocycles. The van der Waals surface area contributed by atoms with E-state index in [-0.39, 0.29) is 5.91 Å². The van der Waals surface area contributed by atoms with Gasteiger partial charge in [-0.05, 0) is 61.6 Å². The van der Waals surface area contributed by atoms with Gasteiger partial charge in [0.15, 0.2) is 5.69 Å². The first kappa shape index (κ1) is 19.7. The van der Waals surface area contributed by atoms with E-state index in [0.717, 1.165) is 34.8 Å². The van der Waals surface area contributed by atoms with Gasteiger partial charge in [0.2, 0.25) is 0 Å². The number of ether oxygens (including phenoxy) is 1. The number of rotatable bonds is 7. The molecule has 0 unspecified atom stereocenters. The van der Waals surface area contributed by atoms with Gasteiger partial charge in [-0.1, -0.05) is 18.2 Å². The summed E-state index contributed by atoms with van der Waals surface area (Å²) in [5, 5.41) is 7.37. The molecule has 7 heteroatoms. The monoisotopic (exact) mass is 403 g/mol. The van der Waals surface area contributed by atoms with Crippen molar-refractivity contribution < 1.29 is 9.53 Å². The minimum Gasteiger partial charge on any atom is -0.497 e. The summed E-state index contributed by atoms with van der Waals surface area (Å²) >= 11 is 0. The summed E-state index contributed by atoms with van der Waals surface area (Å²) < 4.78 is 9.04. The molecule has 3 aromatic heterocycles. The minimum atomic E-state index is -0.171. The van der Waals surface area contributed by atoms with Gasteiger partial charge in [0, 0.05) is 31.0 Å². The second kappa shape index (κ2) is 8.42. The lowest BCUT2D eigenvalue weighted by Gasteiger charge is -2.09. The number of nitrogens with one attached hydrogen (secondary N) is 1. The van der Waals surface area contributed by atoms with E-state index < -0.39 is 0 Å². The quantitative estimate of drug-likeness (QED) is 0.515. The highest BCUT2D eigenvalue weighted by Crippen LogP contribution is 2.25. The molecule has 0 bridgehead atoms. The first-order valence-electron chi connectivity index (χ1n) is 9.79. The Hall–Kier alpha value is -3.58. The Bertz CT molecular complexity index is 1160. The number of benzene rings is 1. The maximum absolute atomic E-state index is 12.3. The molecule has 0 fully saturated rings. The highest BCUT2D eigenvalue weighted by Gasteiger charge is 2.12. The summed E-state index contributed by atoms with van der Waals surface area (Å²) in [4.78, 5) is 14.4. The second-order valence-corrected chi connectivity index (χ2v) is 7.34. The Morgan fingerprint density at radius 1 is 1.03 bits per heavy atom. The number of hydrogen-bond donors (Lipinski definition) is 1. The summed E-state index contributed by atoms with van der Waals surface area (Å²) in [6.45, 7) is 1.36. The Labute approximate surface area is 175 Å². The van der Waals surface area contributed by atoms with Crippen molar-refractivity contribution in [3.63, 3.8) is 0 Å². The van der Waals surface area contributed by atoms with Crippen LogP contribution in [0.3, 0.4) is 0 Å². The Morgan fingerprint density at radius 2 is 1.77 bits per heavy atom. The summed E-state index contributed by atoms with van der Waals surface area (Å²) in [5.41, 5.74) is 3.62. The van der Waals surface area contributed by atoms with Gasteiger partial charge in [-0.25, -0.2) is 4.68 Å². The van der Waals surface area contributed by atoms with Crippen LogP contribution in [0.25, 0.3) is 22.5 Å². The number of nitrogens with zero attached hydrogens (tertiary/aromatic N) is 4.